The second kappa shape index (κ2) is 16.0. The number of hydrogen-bond acceptors (Lipinski definition) is 7. The molecule has 232 valence electrons. The maximum absolute atomic E-state index is 13.3. The van der Waals surface area contributed by atoms with E-state index in [1.165, 1.54) is 0 Å². The van der Waals surface area contributed by atoms with Crippen molar-refractivity contribution in [3.8, 4) is 17.2 Å². The molecule has 0 aromatic heterocycles. The number of carbonyl (C=O) groups excluding carboxylic acids is 4. The Morgan fingerprint density at radius 2 is 1.66 bits per heavy atom. The molecule has 0 spiro atoms. The second-order valence-electron chi connectivity index (χ2n) is 10.3. The van der Waals surface area contributed by atoms with Crippen molar-refractivity contribution in [2.75, 3.05) is 33.9 Å². The third-order valence-corrected chi connectivity index (χ3v) is 7.13. The van der Waals surface area contributed by atoms with E-state index >= 15 is 0 Å². The summed E-state index contributed by atoms with van der Waals surface area (Å²) in [5, 5.41) is 11.1. The predicted octanol–water partition coefficient (Wildman–Crippen LogP) is 2.18. The average molecular weight is 603 g/mol. The fourth-order valence-corrected chi connectivity index (χ4v) is 4.84. The van der Waals surface area contributed by atoms with Gasteiger partial charge in [0, 0.05) is 13.0 Å². The smallest absolute Gasteiger partial charge is 0.255 e. The minimum Gasteiger partial charge on any atom is -0.493 e. The predicted molar refractivity (Wildman–Crippen MR) is 164 cm³/mol. The Labute approximate surface area is 256 Å². The number of amides is 4. The molecule has 1 aliphatic heterocycles. The summed E-state index contributed by atoms with van der Waals surface area (Å²) in [6.45, 7) is 0.580. The minimum absolute atomic E-state index is 0.103. The molecule has 4 rings (SSSR count). The van der Waals surface area contributed by atoms with Gasteiger partial charge in [-0.15, -0.1) is 0 Å². The standard InChI is InChI=1S/C33H38N4O7/c1-42-28-15-14-23(20-29(28)43-2)11-8-16-34-33(41)26-21-30(38)36-25(19-22-9-4-3-5-10-22)32(40)35-17-18-44-27-13-7-6-12-24(27)31(39)37-26/h3-7,9-10,12-15,20,25-26H,8,11,16-19,21H2,1-2H3,(H,34,41)(H,35,40)(H,36,38)(H,37,39)/t25-,26-/m0/s1. The molecule has 0 saturated carbocycles. The molecule has 4 amide bonds. The molecule has 0 saturated heterocycles. The van der Waals surface area contributed by atoms with E-state index in [0.29, 0.717) is 36.6 Å². The van der Waals surface area contributed by atoms with Crippen LogP contribution >= 0.6 is 0 Å². The van der Waals surface area contributed by atoms with Crippen LogP contribution in [-0.4, -0.2) is 69.6 Å². The van der Waals surface area contributed by atoms with Gasteiger partial charge in [0.1, 0.15) is 24.4 Å². The van der Waals surface area contributed by atoms with E-state index in [9.17, 15) is 19.2 Å². The lowest BCUT2D eigenvalue weighted by Gasteiger charge is -2.23. The average Bonchev–Trinajstić information content (AvgIpc) is 3.04. The highest BCUT2D eigenvalue weighted by Gasteiger charge is 2.28. The molecule has 4 N–H and O–H groups in total. The van der Waals surface area contributed by atoms with Gasteiger partial charge in [-0.1, -0.05) is 48.5 Å². The Morgan fingerprint density at radius 1 is 0.909 bits per heavy atom. The lowest BCUT2D eigenvalue weighted by molar-refractivity contribution is -0.131. The molecule has 0 aliphatic carbocycles. The molecule has 2 atom stereocenters. The van der Waals surface area contributed by atoms with Gasteiger partial charge in [0.2, 0.25) is 17.7 Å². The number of nitrogens with one attached hydrogen (secondary N) is 4. The quantitative estimate of drug-likeness (QED) is 0.275. The van der Waals surface area contributed by atoms with Crippen molar-refractivity contribution in [1.29, 1.82) is 0 Å². The van der Waals surface area contributed by atoms with Crippen molar-refractivity contribution in [1.82, 2.24) is 21.3 Å². The van der Waals surface area contributed by atoms with E-state index in [1.807, 2.05) is 48.5 Å². The van der Waals surface area contributed by atoms with E-state index in [4.69, 9.17) is 14.2 Å². The maximum Gasteiger partial charge on any atom is 0.255 e. The number of carbonyl (C=O) groups is 4. The first kappa shape index (κ1) is 31.9. The number of benzene rings is 3. The Hall–Kier alpha value is -5.06. The minimum atomic E-state index is -1.19. The molecule has 1 aliphatic rings. The van der Waals surface area contributed by atoms with Crippen LogP contribution in [0.5, 0.6) is 17.2 Å². The zero-order valence-electron chi connectivity index (χ0n) is 24.9. The van der Waals surface area contributed by atoms with Gasteiger partial charge >= 0.3 is 0 Å². The molecule has 0 unspecified atom stereocenters. The molecular weight excluding hydrogens is 564 g/mol. The van der Waals surface area contributed by atoms with Crippen molar-refractivity contribution in [2.24, 2.45) is 0 Å². The van der Waals surface area contributed by atoms with Crippen LogP contribution in [-0.2, 0) is 27.2 Å². The van der Waals surface area contributed by atoms with Crippen molar-refractivity contribution in [3.05, 3.63) is 89.5 Å². The Morgan fingerprint density at radius 3 is 2.43 bits per heavy atom. The van der Waals surface area contributed by atoms with Gasteiger partial charge in [0.15, 0.2) is 11.5 Å². The van der Waals surface area contributed by atoms with E-state index in [2.05, 4.69) is 21.3 Å². The first-order valence-corrected chi connectivity index (χ1v) is 14.5. The summed E-state index contributed by atoms with van der Waals surface area (Å²) < 4.78 is 16.4. The molecule has 1 heterocycles. The normalized spacial score (nSPS) is 17.5. The van der Waals surface area contributed by atoms with Crippen LogP contribution in [0.15, 0.2) is 72.8 Å². The van der Waals surface area contributed by atoms with Gasteiger partial charge in [0.05, 0.1) is 32.7 Å². The number of aryl methyl sites for hydroxylation is 1. The summed E-state index contributed by atoms with van der Waals surface area (Å²) >= 11 is 0. The molecule has 0 radical (unpaired) electrons. The van der Waals surface area contributed by atoms with Crippen molar-refractivity contribution in [2.45, 2.75) is 37.8 Å². The van der Waals surface area contributed by atoms with E-state index in [-0.39, 0.29) is 37.5 Å². The molecule has 3 aromatic rings. The topological polar surface area (TPSA) is 144 Å². The summed E-state index contributed by atoms with van der Waals surface area (Å²) in [5.74, 6) is -0.453. The lowest BCUT2D eigenvalue weighted by atomic mass is 10.0. The van der Waals surface area contributed by atoms with Crippen molar-refractivity contribution >= 4 is 23.6 Å². The van der Waals surface area contributed by atoms with Crippen LogP contribution in [0.2, 0.25) is 0 Å². The monoisotopic (exact) mass is 602 g/mol. The number of fused-ring (bicyclic) bond motifs is 1. The molecule has 0 bridgehead atoms. The highest BCUT2D eigenvalue weighted by Crippen LogP contribution is 2.28. The Bertz CT molecular complexity index is 1450. The molecule has 44 heavy (non-hydrogen) atoms. The maximum atomic E-state index is 13.3. The summed E-state index contributed by atoms with van der Waals surface area (Å²) in [6, 6.07) is 19.4. The summed E-state index contributed by atoms with van der Waals surface area (Å²) in [7, 11) is 3.14. The third kappa shape index (κ3) is 8.97. The second-order valence-corrected chi connectivity index (χ2v) is 10.3. The number of methoxy groups -OCH3 is 2. The third-order valence-electron chi connectivity index (χ3n) is 7.13. The van der Waals surface area contributed by atoms with Gasteiger partial charge in [-0.05, 0) is 48.2 Å². The van der Waals surface area contributed by atoms with Crippen LogP contribution in [0.4, 0.5) is 0 Å². The summed E-state index contributed by atoms with van der Waals surface area (Å²) in [5.41, 5.74) is 2.07. The van der Waals surface area contributed by atoms with Crippen molar-refractivity contribution < 1.29 is 33.4 Å². The highest BCUT2D eigenvalue weighted by molar-refractivity contribution is 6.01. The first-order valence-electron chi connectivity index (χ1n) is 14.5. The van der Waals surface area contributed by atoms with Crippen LogP contribution in [0, 0.1) is 0 Å². The van der Waals surface area contributed by atoms with Crippen LogP contribution in [0.3, 0.4) is 0 Å². The van der Waals surface area contributed by atoms with E-state index in [1.54, 1.807) is 38.5 Å². The van der Waals surface area contributed by atoms with Crippen LogP contribution in [0.1, 0.15) is 34.3 Å². The zero-order chi connectivity index (χ0) is 31.3. The zero-order valence-corrected chi connectivity index (χ0v) is 24.9. The molecule has 11 nitrogen and oxygen atoms in total. The summed E-state index contributed by atoms with van der Waals surface area (Å²) in [6.07, 6.45) is 1.14. The Balaban J connectivity index is 1.47. The van der Waals surface area contributed by atoms with E-state index in [0.717, 1.165) is 11.1 Å². The highest BCUT2D eigenvalue weighted by atomic mass is 16.5. The molecular formula is C33H38N4O7. The van der Waals surface area contributed by atoms with Crippen LogP contribution in [0.25, 0.3) is 0 Å². The number of hydrogen-bond donors (Lipinski definition) is 4. The van der Waals surface area contributed by atoms with E-state index < -0.39 is 29.8 Å². The molecule has 11 heteroatoms. The lowest BCUT2D eigenvalue weighted by Crippen LogP contribution is -2.53. The van der Waals surface area contributed by atoms with Gasteiger partial charge in [-0.2, -0.15) is 0 Å². The Kier molecular flexibility index (Phi) is 11.6. The number of para-hydroxylation sites is 1. The molecule has 3 aromatic carbocycles. The fourth-order valence-electron chi connectivity index (χ4n) is 4.84. The largest absolute Gasteiger partial charge is 0.493 e. The molecule has 0 fully saturated rings. The van der Waals surface area contributed by atoms with Gasteiger partial charge in [-0.3, -0.25) is 19.2 Å². The van der Waals surface area contributed by atoms with Crippen LogP contribution < -0.4 is 35.5 Å². The first-order chi connectivity index (χ1) is 21.4. The fraction of sp³-hybridized carbons (Fsp3) is 0.333. The SMILES string of the molecule is COc1ccc(CCCNC(=O)[C@@H]2CC(=O)N[C@@H](Cc3ccccc3)C(=O)NCCOc3ccccc3C(=O)N2)cc1OC. The summed E-state index contributed by atoms with van der Waals surface area (Å²) in [4.78, 5) is 52.9. The van der Waals surface area contributed by atoms with Gasteiger partial charge in [-0.25, -0.2) is 0 Å². The van der Waals surface area contributed by atoms with Gasteiger partial charge < -0.3 is 35.5 Å². The van der Waals surface area contributed by atoms with Gasteiger partial charge in [0.25, 0.3) is 5.91 Å². The number of ether oxygens (including phenoxy) is 3. The van der Waals surface area contributed by atoms with Crippen molar-refractivity contribution in [3.63, 3.8) is 0 Å². The number of rotatable bonds is 9.